The Morgan fingerprint density at radius 3 is 2.80 bits per heavy atom. The van der Waals surface area contributed by atoms with Gasteiger partial charge in [0.1, 0.15) is 22.4 Å². The lowest BCUT2D eigenvalue weighted by atomic mass is 10.3. The van der Waals surface area contributed by atoms with Crippen molar-refractivity contribution in [3.8, 4) is 11.5 Å². The minimum absolute atomic E-state index is 0.257. The zero-order valence-corrected chi connectivity index (χ0v) is 8.95. The zero-order chi connectivity index (χ0) is 10.8. The van der Waals surface area contributed by atoms with Gasteiger partial charge in [-0.1, -0.05) is 11.6 Å². The van der Waals surface area contributed by atoms with Gasteiger partial charge >= 0.3 is 0 Å². The molecule has 5 heteroatoms. The van der Waals surface area contributed by atoms with Crippen molar-refractivity contribution >= 4 is 11.6 Å². The molecule has 0 aliphatic carbocycles. The van der Waals surface area contributed by atoms with E-state index in [1.165, 1.54) is 0 Å². The molecule has 4 nitrogen and oxygen atoms in total. The highest BCUT2D eigenvalue weighted by molar-refractivity contribution is 6.29. The Hall–Kier alpha value is -1.39. The maximum Gasteiger partial charge on any atom is 0.152 e. The van der Waals surface area contributed by atoms with Gasteiger partial charge in [-0.25, -0.2) is 9.97 Å². The molecule has 0 amide bonds. The maximum atomic E-state index is 5.84. The van der Waals surface area contributed by atoms with Crippen LogP contribution in [0, 0.1) is 6.92 Å². The fourth-order valence-corrected chi connectivity index (χ4v) is 1.46. The van der Waals surface area contributed by atoms with Crippen molar-refractivity contribution in [2.24, 2.45) is 5.73 Å². The summed E-state index contributed by atoms with van der Waals surface area (Å²) in [6, 6.07) is 5.36. The van der Waals surface area contributed by atoms with E-state index in [9.17, 15) is 0 Å². The molecule has 0 aromatic carbocycles. The molecule has 0 radical (unpaired) electrons. The van der Waals surface area contributed by atoms with E-state index in [2.05, 4.69) is 9.97 Å². The molecule has 0 aliphatic heterocycles. The molecule has 2 aromatic heterocycles. The van der Waals surface area contributed by atoms with E-state index in [1.807, 2.05) is 19.1 Å². The molecule has 0 spiro atoms. The number of aromatic nitrogens is 2. The normalized spacial score (nSPS) is 10.6. The number of hydrogen-bond acceptors (Lipinski definition) is 4. The average Bonchev–Trinajstić information content (AvgIpc) is 2.64. The van der Waals surface area contributed by atoms with Gasteiger partial charge in [-0.3, -0.25) is 0 Å². The molecule has 0 unspecified atom stereocenters. The zero-order valence-electron chi connectivity index (χ0n) is 8.20. The number of halogens is 1. The molecule has 2 heterocycles. The molecule has 2 rings (SSSR count). The first-order valence-corrected chi connectivity index (χ1v) is 4.87. The summed E-state index contributed by atoms with van der Waals surface area (Å²) in [6.07, 6.45) is 0. The van der Waals surface area contributed by atoms with E-state index >= 15 is 0 Å². The van der Waals surface area contributed by atoms with Gasteiger partial charge in [-0.2, -0.15) is 0 Å². The Morgan fingerprint density at radius 1 is 1.40 bits per heavy atom. The van der Waals surface area contributed by atoms with Crippen molar-refractivity contribution in [3.05, 3.63) is 34.9 Å². The molecule has 0 aliphatic rings. The highest BCUT2D eigenvalue weighted by Crippen LogP contribution is 2.21. The van der Waals surface area contributed by atoms with Crippen LogP contribution in [-0.4, -0.2) is 9.97 Å². The molecular formula is C10H10ClN3O. The van der Waals surface area contributed by atoms with Crippen LogP contribution >= 0.6 is 11.6 Å². The van der Waals surface area contributed by atoms with Crippen LogP contribution in [0.4, 0.5) is 0 Å². The number of rotatable bonds is 2. The summed E-state index contributed by atoms with van der Waals surface area (Å²) in [5.41, 5.74) is 6.11. The lowest BCUT2D eigenvalue weighted by Gasteiger charge is -2.00. The minimum Gasteiger partial charge on any atom is -0.460 e. The van der Waals surface area contributed by atoms with Crippen molar-refractivity contribution in [1.29, 1.82) is 0 Å². The van der Waals surface area contributed by atoms with E-state index in [0.29, 0.717) is 22.4 Å². The van der Waals surface area contributed by atoms with Gasteiger partial charge < -0.3 is 10.2 Å². The largest absolute Gasteiger partial charge is 0.460 e. The lowest BCUT2D eigenvalue weighted by Crippen LogP contribution is -2.03. The van der Waals surface area contributed by atoms with Crippen LogP contribution in [0.1, 0.15) is 11.6 Å². The predicted molar refractivity (Wildman–Crippen MR) is 57.4 cm³/mol. The van der Waals surface area contributed by atoms with Crippen LogP contribution in [0.25, 0.3) is 11.5 Å². The van der Waals surface area contributed by atoms with Crippen LogP contribution < -0.4 is 5.73 Å². The van der Waals surface area contributed by atoms with E-state index < -0.39 is 0 Å². The van der Waals surface area contributed by atoms with Crippen LogP contribution in [-0.2, 0) is 6.54 Å². The van der Waals surface area contributed by atoms with Gasteiger partial charge in [-0.15, -0.1) is 0 Å². The van der Waals surface area contributed by atoms with E-state index in [0.717, 1.165) is 5.76 Å². The minimum atomic E-state index is 0.257. The molecule has 15 heavy (non-hydrogen) atoms. The van der Waals surface area contributed by atoms with Crippen molar-refractivity contribution in [2.45, 2.75) is 13.5 Å². The fraction of sp³-hybridized carbons (Fsp3) is 0.200. The van der Waals surface area contributed by atoms with Gasteiger partial charge in [0.2, 0.25) is 0 Å². The second-order valence-electron chi connectivity index (χ2n) is 3.11. The Labute approximate surface area is 92.1 Å². The molecule has 2 N–H and O–H groups in total. The first-order valence-electron chi connectivity index (χ1n) is 4.49. The Balaban J connectivity index is 2.48. The van der Waals surface area contributed by atoms with Crippen LogP contribution in [0.3, 0.4) is 0 Å². The molecule has 0 fully saturated rings. The second-order valence-corrected chi connectivity index (χ2v) is 3.49. The van der Waals surface area contributed by atoms with Crippen molar-refractivity contribution in [3.63, 3.8) is 0 Å². The predicted octanol–water partition coefficient (Wildman–Crippen LogP) is 2.16. The Kier molecular flexibility index (Phi) is 2.70. The molecule has 0 saturated heterocycles. The molecule has 2 aromatic rings. The molecule has 0 bridgehead atoms. The summed E-state index contributed by atoms with van der Waals surface area (Å²) < 4.78 is 5.43. The molecular weight excluding hydrogens is 214 g/mol. The maximum absolute atomic E-state index is 5.84. The SMILES string of the molecule is Cc1ccc(-c2cc(Cl)nc(CN)n2)o1. The summed E-state index contributed by atoms with van der Waals surface area (Å²) in [5, 5.41) is 0.370. The number of nitrogens with two attached hydrogens (primary N) is 1. The number of furan rings is 1. The highest BCUT2D eigenvalue weighted by atomic mass is 35.5. The van der Waals surface area contributed by atoms with Crippen molar-refractivity contribution in [2.75, 3.05) is 0 Å². The second kappa shape index (κ2) is 4.00. The Morgan fingerprint density at radius 2 is 2.20 bits per heavy atom. The lowest BCUT2D eigenvalue weighted by molar-refractivity contribution is 0.546. The van der Waals surface area contributed by atoms with Crippen molar-refractivity contribution in [1.82, 2.24) is 9.97 Å². The standard InChI is InChI=1S/C10H10ClN3O/c1-6-2-3-8(15-6)7-4-9(11)14-10(5-12)13-7/h2-4H,5,12H2,1H3. The van der Waals surface area contributed by atoms with E-state index in [-0.39, 0.29) is 6.54 Å². The molecule has 0 atom stereocenters. The number of aryl methyl sites for hydroxylation is 1. The Bertz CT molecular complexity index is 481. The first-order chi connectivity index (χ1) is 7.19. The van der Waals surface area contributed by atoms with Crippen LogP contribution in [0.2, 0.25) is 5.15 Å². The third kappa shape index (κ3) is 2.16. The molecule has 78 valence electrons. The quantitative estimate of drug-likeness (QED) is 0.793. The van der Waals surface area contributed by atoms with Crippen molar-refractivity contribution < 1.29 is 4.42 Å². The summed E-state index contributed by atoms with van der Waals surface area (Å²) >= 11 is 5.84. The monoisotopic (exact) mass is 223 g/mol. The van der Waals surface area contributed by atoms with E-state index in [1.54, 1.807) is 6.07 Å². The summed E-state index contributed by atoms with van der Waals surface area (Å²) in [4.78, 5) is 8.19. The molecule has 0 saturated carbocycles. The fourth-order valence-electron chi connectivity index (χ4n) is 1.25. The first kappa shape index (κ1) is 10.1. The number of hydrogen-bond donors (Lipinski definition) is 1. The third-order valence-electron chi connectivity index (χ3n) is 1.92. The van der Waals surface area contributed by atoms with Crippen LogP contribution in [0.15, 0.2) is 22.6 Å². The van der Waals surface area contributed by atoms with Gasteiger partial charge in [-0.05, 0) is 19.1 Å². The smallest absolute Gasteiger partial charge is 0.152 e. The third-order valence-corrected chi connectivity index (χ3v) is 2.11. The van der Waals surface area contributed by atoms with E-state index in [4.69, 9.17) is 21.8 Å². The van der Waals surface area contributed by atoms with Gasteiger partial charge in [0.15, 0.2) is 5.76 Å². The van der Waals surface area contributed by atoms with Gasteiger partial charge in [0, 0.05) is 6.07 Å². The van der Waals surface area contributed by atoms with Gasteiger partial charge in [0.25, 0.3) is 0 Å². The summed E-state index contributed by atoms with van der Waals surface area (Å²) in [7, 11) is 0. The number of nitrogens with zero attached hydrogens (tertiary/aromatic N) is 2. The summed E-state index contributed by atoms with van der Waals surface area (Å²) in [6.45, 7) is 2.13. The highest BCUT2D eigenvalue weighted by Gasteiger charge is 2.07. The van der Waals surface area contributed by atoms with Crippen LogP contribution in [0.5, 0.6) is 0 Å². The van der Waals surface area contributed by atoms with Gasteiger partial charge in [0.05, 0.1) is 6.54 Å². The topological polar surface area (TPSA) is 64.9 Å². The summed E-state index contributed by atoms with van der Waals surface area (Å²) in [5.74, 6) is 2.01. The average molecular weight is 224 g/mol.